The zero-order valence-electron chi connectivity index (χ0n) is 12.6. The van der Waals surface area contributed by atoms with Gasteiger partial charge in [0, 0.05) is 16.6 Å². The molecule has 0 saturated heterocycles. The normalized spacial score (nSPS) is 11.4. The second-order valence-corrected chi connectivity index (χ2v) is 5.98. The van der Waals surface area contributed by atoms with E-state index < -0.39 is 0 Å². The van der Waals surface area contributed by atoms with E-state index in [1.165, 1.54) is 38.9 Å². The van der Waals surface area contributed by atoms with Crippen molar-refractivity contribution in [1.82, 2.24) is 4.98 Å². The van der Waals surface area contributed by atoms with Crippen molar-refractivity contribution in [1.29, 1.82) is 0 Å². The minimum atomic E-state index is 0.569. The van der Waals surface area contributed by atoms with Crippen molar-refractivity contribution in [2.75, 3.05) is 0 Å². The number of nitrogens with one attached hydrogen (secondary N) is 1. The Balaban J connectivity index is 2.10. The zero-order chi connectivity index (χ0) is 14.3. The SMILES string of the molecule is Cc1ccc(-c2cc3cc(C(C)C)ccc3[nH]2)cc1C. The van der Waals surface area contributed by atoms with Crippen LogP contribution in [0.3, 0.4) is 0 Å². The van der Waals surface area contributed by atoms with E-state index in [9.17, 15) is 0 Å². The minimum Gasteiger partial charge on any atom is -0.355 e. The zero-order valence-corrected chi connectivity index (χ0v) is 12.6. The maximum absolute atomic E-state index is 3.52. The van der Waals surface area contributed by atoms with Gasteiger partial charge in [0.1, 0.15) is 0 Å². The van der Waals surface area contributed by atoms with Crippen LogP contribution in [-0.4, -0.2) is 4.98 Å². The fourth-order valence-electron chi connectivity index (χ4n) is 2.57. The molecule has 0 unspecified atom stereocenters. The summed E-state index contributed by atoms with van der Waals surface area (Å²) >= 11 is 0. The standard InChI is InChI=1S/C19H21N/c1-12(2)15-7-8-18-17(10-15)11-19(20-18)16-6-5-13(3)14(4)9-16/h5-12,20H,1-4H3. The lowest BCUT2D eigenvalue weighted by atomic mass is 10.0. The van der Waals surface area contributed by atoms with Gasteiger partial charge in [0.2, 0.25) is 0 Å². The van der Waals surface area contributed by atoms with Gasteiger partial charge in [0.15, 0.2) is 0 Å². The Kier molecular flexibility index (Phi) is 3.13. The number of fused-ring (bicyclic) bond motifs is 1. The summed E-state index contributed by atoms with van der Waals surface area (Å²) in [6.07, 6.45) is 0. The van der Waals surface area contributed by atoms with Crippen molar-refractivity contribution >= 4 is 10.9 Å². The van der Waals surface area contributed by atoms with Gasteiger partial charge in [-0.25, -0.2) is 0 Å². The van der Waals surface area contributed by atoms with E-state index in [-0.39, 0.29) is 0 Å². The summed E-state index contributed by atoms with van der Waals surface area (Å²) in [5, 5.41) is 1.30. The summed E-state index contributed by atoms with van der Waals surface area (Å²) in [7, 11) is 0. The summed E-state index contributed by atoms with van der Waals surface area (Å²) in [6, 6.07) is 15.6. The molecule has 1 N–H and O–H groups in total. The van der Waals surface area contributed by atoms with Gasteiger partial charge in [0.05, 0.1) is 0 Å². The van der Waals surface area contributed by atoms with E-state index in [1.807, 2.05) is 0 Å². The van der Waals surface area contributed by atoms with Crippen LogP contribution >= 0.6 is 0 Å². The highest BCUT2D eigenvalue weighted by molar-refractivity contribution is 5.86. The molecule has 0 amide bonds. The van der Waals surface area contributed by atoms with Gasteiger partial charge in [-0.1, -0.05) is 32.0 Å². The first kappa shape index (κ1) is 13.0. The van der Waals surface area contributed by atoms with E-state index in [2.05, 4.69) is 75.1 Å². The molecular formula is C19H21N. The molecule has 3 aromatic rings. The molecule has 20 heavy (non-hydrogen) atoms. The van der Waals surface area contributed by atoms with Gasteiger partial charge < -0.3 is 4.98 Å². The summed E-state index contributed by atoms with van der Waals surface area (Å²) in [4.78, 5) is 3.52. The Morgan fingerprint density at radius 2 is 1.65 bits per heavy atom. The van der Waals surface area contributed by atoms with Crippen molar-refractivity contribution < 1.29 is 0 Å². The van der Waals surface area contributed by atoms with E-state index >= 15 is 0 Å². The lowest BCUT2D eigenvalue weighted by Crippen LogP contribution is -1.85. The summed E-state index contributed by atoms with van der Waals surface area (Å²) in [5.74, 6) is 0.569. The molecule has 102 valence electrons. The predicted octanol–water partition coefficient (Wildman–Crippen LogP) is 5.58. The van der Waals surface area contributed by atoms with Crippen molar-refractivity contribution in [3.63, 3.8) is 0 Å². The Morgan fingerprint density at radius 3 is 2.35 bits per heavy atom. The molecule has 0 aliphatic carbocycles. The molecular weight excluding hydrogens is 242 g/mol. The number of H-pyrrole nitrogens is 1. The van der Waals surface area contributed by atoms with Crippen LogP contribution in [0.2, 0.25) is 0 Å². The van der Waals surface area contributed by atoms with Gasteiger partial charge >= 0.3 is 0 Å². The van der Waals surface area contributed by atoms with Crippen LogP contribution in [0, 0.1) is 13.8 Å². The van der Waals surface area contributed by atoms with Crippen molar-refractivity contribution in [2.45, 2.75) is 33.6 Å². The third-order valence-corrected chi connectivity index (χ3v) is 4.13. The van der Waals surface area contributed by atoms with Crippen LogP contribution in [0.1, 0.15) is 36.5 Å². The van der Waals surface area contributed by atoms with Gasteiger partial charge in [-0.2, -0.15) is 0 Å². The quantitative estimate of drug-likeness (QED) is 0.621. The number of aryl methyl sites for hydroxylation is 2. The molecule has 0 spiro atoms. The van der Waals surface area contributed by atoms with Gasteiger partial charge in [0.25, 0.3) is 0 Å². The summed E-state index contributed by atoms with van der Waals surface area (Å²) in [5.41, 5.74) is 7.74. The summed E-state index contributed by atoms with van der Waals surface area (Å²) in [6.45, 7) is 8.79. The molecule has 1 heterocycles. The second-order valence-electron chi connectivity index (χ2n) is 5.98. The average Bonchev–Trinajstić information content (AvgIpc) is 2.84. The molecule has 0 fully saturated rings. The number of aromatic amines is 1. The van der Waals surface area contributed by atoms with Crippen LogP contribution in [-0.2, 0) is 0 Å². The van der Waals surface area contributed by atoms with Gasteiger partial charge in [-0.3, -0.25) is 0 Å². The molecule has 1 aromatic heterocycles. The Bertz CT molecular complexity index is 763. The van der Waals surface area contributed by atoms with Gasteiger partial charge in [-0.05, 0) is 66.3 Å². The maximum atomic E-state index is 3.52. The number of hydrogen-bond acceptors (Lipinski definition) is 0. The van der Waals surface area contributed by atoms with Crippen LogP contribution in [0.15, 0.2) is 42.5 Å². The number of rotatable bonds is 2. The predicted molar refractivity (Wildman–Crippen MR) is 87.3 cm³/mol. The van der Waals surface area contributed by atoms with Crippen molar-refractivity contribution in [3.8, 4) is 11.3 Å². The van der Waals surface area contributed by atoms with Crippen molar-refractivity contribution in [3.05, 3.63) is 59.2 Å². The molecule has 2 aromatic carbocycles. The van der Waals surface area contributed by atoms with Crippen LogP contribution in [0.4, 0.5) is 0 Å². The second kappa shape index (κ2) is 4.82. The monoisotopic (exact) mass is 263 g/mol. The fourth-order valence-corrected chi connectivity index (χ4v) is 2.57. The fraction of sp³-hybridized carbons (Fsp3) is 0.263. The van der Waals surface area contributed by atoms with Crippen molar-refractivity contribution in [2.24, 2.45) is 0 Å². The number of aromatic nitrogens is 1. The third kappa shape index (κ3) is 2.24. The maximum Gasteiger partial charge on any atom is 0.0464 e. The highest BCUT2D eigenvalue weighted by Gasteiger charge is 2.06. The molecule has 1 nitrogen and oxygen atoms in total. The number of benzene rings is 2. The third-order valence-electron chi connectivity index (χ3n) is 4.13. The molecule has 0 radical (unpaired) electrons. The average molecular weight is 263 g/mol. The molecule has 0 bridgehead atoms. The summed E-state index contributed by atoms with van der Waals surface area (Å²) < 4.78 is 0. The first-order valence-electron chi connectivity index (χ1n) is 7.25. The molecule has 0 saturated carbocycles. The topological polar surface area (TPSA) is 15.8 Å². The lowest BCUT2D eigenvalue weighted by molar-refractivity contribution is 0.869. The minimum absolute atomic E-state index is 0.569. The molecule has 0 atom stereocenters. The Labute approximate surface area is 120 Å². The van der Waals surface area contributed by atoms with E-state index in [1.54, 1.807) is 0 Å². The van der Waals surface area contributed by atoms with Crippen LogP contribution in [0.25, 0.3) is 22.2 Å². The van der Waals surface area contributed by atoms with Crippen LogP contribution < -0.4 is 0 Å². The molecule has 0 aliphatic heterocycles. The molecule has 3 rings (SSSR count). The van der Waals surface area contributed by atoms with E-state index in [0.717, 1.165) is 0 Å². The first-order chi connectivity index (χ1) is 9.54. The van der Waals surface area contributed by atoms with E-state index in [0.29, 0.717) is 5.92 Å². The highest BCUT2D eigenvalue weighted by Crippen LogP contribution is 2.28. The largest absolute Gasteiger partial charge is 0.355 e. The van der Waals surface area contributed by atoms with Crippen LogP contribution in [0.5, 0.6) is 0 Å². The van der Waals surface area contributed by atoms with Gasteiger partial charge in [-0.15, -0.1) is 0 Å². The first-order valence-corrected chi connectivity index (χ1v) is 7.25. The molecule has 1 heteroatoms. The lowest BCUT2D eigenvalue weighted by Gasteiger charge is -2.03. The molecule has 0 aliphatic rings. The van der Waals surface area contributed by atoms with E-state index in [4.69, 9.17) is 0 Å². The number of hydrogen-bond donors (Lipinski definition) is 1. The highest BCUT2D eigenvalue weighted by atomic mass is 14.7. The Hall–Kier alpha value is -2.02. The smallest absolute Gasteiger partial charge is 0.0464 e. The Morgan fingerprint density at radius 1 is 0.850 bits per heavy atom.